The second-order valence-electron chi connectivity index (χ2n) is 7.77. The largest absolute Gasteiger partial charge is 0.497 e. The van der Waals surface area contributed by atoms with Gasteiger partial charge in [0.15, 0.2) is 11.0 Å². The van der Waals surface area contributed by atoms with Crippen LogP contribution in [0.15, 0.2) is 78.0 Å². The molecule has 1 N–H and O–H groups in total. The number of hydrogen-bond acceptors (Lipinski definition) is 5. The fourth-order valence-electron chi connectivity index (χ4n) is 3.44. The Morgan fingerprint density at radius 2 is 1.76 bits per heavy atom. The molecule has 1 amide bonds. The topological polar surface area (TPSA) is 69.0 Å². The summed E-state index contributed by atoms with van der Waals surface area (Å²) >= 11 is 1.37. The van der Waals surface area contributed by atoms with E-state index in [1.807, 2.05) is 92.1 Å². The van der Waals surface area contributed by atoms with Crippen LogP contribution in [0.25, 0.3) is 17.1 Å². The van der Waals surface area contributed by atoms with E-state index in [1.165, 1.54) is 11.8 Å². The molecule has 33 heavy (non-hydrogen) atoms. The highest BCUT2D eigenvalue weighted by molar-refractivity contribution is 8.00. The lowest BCUT2D eigenvalue weighted by atomic mass is 10.1. The van der Waals surface area contributed by atoms with Crippen molar-refractivity contribution in [3.63, 3.8) is 0 Å². The number of anilines is 1. The average molecular weight is 459 g/mol. The van der Waals surface area contributed by atoms with Gasteiger partial charge in [-0.25, -0.2) is 0 Å². The lowest BCUT2D eigenvalue weighted by Crippen LogP contribution is -2.23. The van der Waals surface area contributed by atoms with Crippen LogP contribution in [-0.4, -0.2) is 33.0 Å². The van der Waals surface area contributed by atoms with Gasteiger partial charge in [0.25, 0.3) is 0 Å². The molecule has 1 aromatic heterocycles. The fraction of sp³-hybridized carbons (Fsp3) is 0.192. The Kier molecular flexibility index (Phi) is 6.79. The highest BCUT2D eigenvalue weighted by Gasteiger charge is 2.22. The van der Waals surface area contributed by atoms with E-state index in [2.05, 4.69) is 21.6 Å². The van der Waals surface area contributed by atoms with Crippen LogP contribution < -0.4 is 10.1 Å². The molecule has 4 aromatic rings. The zero-order valence-electron chi connectivity index (χ0n) is 19.1. The van der Waals surface area contributed by atoms with Gasteiger partial charge in [0, 0.05) is 16.9 Å². The van der Waals surface area contributed by atoms with Gasteiger partial charge in [0.2, 0.25) is 5.91 Å². The number of thioether (sulfide) groups is 1. The van der Waals surface area contributed by atoms with Crippen molar-refractivity contribution in [2.24, 2.45) is 0 Å². The normalized spacial score (nSPS) is 11.8. The number of para-hydroxylation sites is 1. The van der Waals surface area contributed by atoms with Crippen molar-refractivity contribution in [1.82, 2.24) is 14.8 Å². The van der Waals surface area contributed by atoms with Gasteiger partial charge in [-0.3, -0.25) is 9.36 Å². The predicted octanol–water partition coefficient (Wildman–Crippen LogP) is 5.68. The molecule has 0 spiro atoms. The molecule has 1 unspecified atom stereocenters. The van der Waals surface area contributed by atoms with E-state index in [0.717, 1.165) is 39.6 Å². The molecule has 7 heteroatoms. The first-order valence-electron chi connectivity index (χ1n) is 10.7. The number of methoxy groups -OCH3 is 1. The van der Waals surface area contributed by atoms with Gasteiger partial charge >= 0.3 is 0 Å². The van der Waals surface area contributed by atoms with Crippen LogP contribution in [-0.2, 0) is 4.79 Å². The molecule has 0 aliphatic carbocycles. The van der Waals surface area contributed by atoms with Crippen molar-refractivity contribution in [2.75, 3.05) is 12.4 Å². The summed E-state index contributed by atoms with van der Waals surface area (Å²) in [5, 5.41) is 12.2. The monoisotopic (exact) mass is 458 g/mol. The molecule has 168 valence electrons. The Morgan fingerprint density at radius 1 is 1.00 bits per heavy atom. The Balaban J connectivity index is 1.67. The third kappa shape index (κ3) is 5.09. The minimum absolute atomic E-state index is 0.0873. The van der Waals surface area contributed by atoms with E-state index >= 15 is 0 Å². The van der Waals surface area contributed by atoms with Crippen molar-refractivity contribution in [3.05, 3.63) is 83.9 Å². The number of amides is 1. The van der Waals surface area contributed by atoms with Crippen LogP contribution >= 0.6 is 11.8 Å². The molecule has 0 bridgehead atoms. The number of rotatable bonds is 7. The quantitative estimate of drug-likeness (QED) is 0.361. The number of nitrogens with zero attached hydrogens (tertiary/aromatic N) is 3. The smallest absolute Gasteiger partial charge is 0.237 e. The Hall–Kier alpha value is -3.58. The van der Waals surface area contributed by atoms with E-state index in [1.54, 1.807) is 7.11 Å². The van der Waals surface area contributed by atoms with Gasteiger partial charge in [-0.15, -0.1) is 10.2 Å². The van der Waals surface area contributed by atoms with Crippen LogP contribution in [0.2, 0.25) is 0 Å². The Bertz CT molecular complexity index is 1270. The van der Waals surface area contributed by atoms with E-state index in [0.29, 0.717) is 5.16 Å². The molecule has 0 saturated heterocycles. The maximum atomic E-state index is 12.9. The summed E-state index contributed by atoms with van der Waals surface area (Å²) in [5.41, 5.74) is 4.82. The Labute approximate surface area is 198 Å². The first-order chi connectivity index (χ1) is 16.0. The summed E-state index contributed by atoms with van der Waals surface area (Å²) in [4.78, 5) is 12.9. The Morgan fingerprint density at radius 3 is 2.45 bits per heavy atom. The second kappa shape index (κ2) is 9.92. The lowest BCUT2D eigenvalue weighted by Gasteiger charge is -2.15. The van der Waals surface area contributed by atoms with Gasteiger partial charge in [-0.05, 0) is 62.7 Å². The van der Waals surface area contributed by atoms with Gasteiger partial charge in [0.05, 0.1) is 12.4 Å². The van der Waals surface area contributed by atoms with Gasteiger partial charge in [-0.1, -0.05) is 53.7 Å². The van der Waals surface area contributed by atoms with Crippen molar-refractivity contribution in [2.45, 2.75) is 31.2 Å². The lowest BCUT2D eigenvalue weighted by molar-refractivity contribution is -0.115. The number of ether oxygens (including phenoxy) is 1. The van der Waals surface area contributed by atoms with Crippen LogP contribution in [0.3, 0.4) is 0 Å². The summed E-state index contributed by atoms with van der Waals surface area (Å²) in [6, 6.07) is 23.6. The van der Waals surface area contributed by atoms with Crippen LogP contribution in [0.1, 0.15) is 18.1 Å². The molecular formula is C26H26N4O2S. The summed E-state index contributed by atoms with van der Waals surface area (Å²) in [5.74, 6) is 1.40. The third-order valence-electron chi connectivity index (χ3n) is 5.29. The van der Waals surface area contributed by atoms with E-state index in [4.69, 9.17) is 4.74 Å². The predicted molar refractivity (Wildman–Crippen MR) is 133 cm³/mol. The summed E-state index contributed by atoms with van der Waals surface area (Å²) in [6.07, 6.45) is 0. The summed E-state index contributed by atoms with van der Waals surface area (Å²) < 4.78 is 7.29. The summed E-state index contributed by atoms with van der Waals surface area (Å²) in [7, 11) is 1.64. The number of aryl methyl sites for hydroxylation is 2. The molecule has 0 radical (unpaired) electrons. The molecule has 4 rings (SSSR count). The molecular weight excluding hydrogens is 432 g/mol. The van der Waals surface area contributed by atoms with Gasteiger partial charge < -0.3 is 10.1 Å². The number of benzene rings is 3. The van der Waals surface area contributed by atoms with Gasteiger partial charge in [0.1, 0.15) is 5.75 Å². The van der Waals surface area contributed by atoms with Crippen molar-refractivity contribution >= 4 is 23.4 Å². The molecule has 0 saturated carbocycles. The van der Waals surface area contributed by atoms with Crippen LogP contribution in [0.5, 0.6) is 5.75 Å². The van der Waals surface area contributed by atoms with E-state index < -0.39 is 0 Å². The SMILES string of the molecule is COc1ccc(-n2c(SC(C)C(=O)Nc3ccccc3C)nnc2-c2cccc(C)c2)cc1. The number of carbonyl (C=O) groups is 1. The average Bonchev–Trinajstić information content (AvgIpc) is 3.24. The molecule has 0 fully saturated rings. The van der Waals surface area contributed by atoms with E-state index in [9.17, 15) is 4.79 Å². The zero-order valence-corrected chi connectivity index (χ0v) is 19.9. The number of hydrogen-bond donors (Lipinski definition) is 1. The van der Waals surface area contributed by atoms with Crippen LogP contribution in [0.4, 0.5) is 5.69 Å². The maximum Gasteiger partial charge on any atom is 0.237 e. The highest BCUT2D eigenvalue weighted by Crippen LogP contribution is 2.31. The first kappa shape index (κ1) is 22.6. The molecule has 6 nitrogen and oxygen atoms in total. The van der Waals surface area contributed by atoms with Crippen molar-refractivity contribution < 1.29 is 9.53 Å². The molecule has 0 aliphatic rings. The highest BCUT2D eigenvalue weighted by atomic mass is 32.2. The number of carbonyl (C=O) groups excluding carboxylic acids is 1. The molecule has 0 aliphatic heterocycles. The zero-order chi connectivity index (χ0) is 23.4. The van der Waals surface area contributed by atoms with Crippen LogP contribution in [0, 0.1) is 13.8 Å². The van der Waals surface area contributed by atoms with Crippen molar-refractivity contribution in [1.29, 1.82) is 0 Å². The van der Waals surface area contributed by atoms with Crippen molar-refractivity contribution in [3.8, 4) is 22.8 Å². The summed E-state index contributed by atoms with van der Waals surface area (Å²) in [6.45, 7) is 5.89. The first-order valence-corrected chi connectivity index (χ1v) is 11.5. The molecule has 3 aromatic carbocycles. The number of nitrogens with one attached hydrogen (secondary N) is 1. The minimum atomic E-state index is -0.379. The van der Waals surface area contributed by atoms with Gasteiger partial charge in [-0.2, -0.15) is 0 Å². The van der Waals surface area contributed by atoms with E-state index in [-0.39, 0.29) is 11.2 Å². The minimum Gasteiger partial charge on any atom is -0.497 e. The standard InChI is InChI=1S/C26H26N4O2S/c1-17-8-7-10-20(16-17)24-28-29-26(30(24)21-12-14-22(32-4)15-13-21)33-19(3)25(31)27-23-11-6-5-9-18(23)2/h5-16,19H,1-4H3,(H,27,31). The maximum absolute atomic E-state index is 12.9. The molecule has 1 atom stereocenters. The second-order valence-corrected chi connectivity index (χ2v) is 9.08. The number of aromatic nitrogens is 3. The molecule has 1 heterocycles. The third-order valence-corrected chi connectivity index (χ3v) is 6.34. The fourth-order valence-corrected chi connectivity index (χ4v) is 4.31.